The molecule has 0 spiro atoms. The van der Waals surface area contributed by atoms with Gasteiger partial charge in [0, 0.05) is 12.7 Å². The average molecular weight is 439 g/mol. The van der Waals surface area contributed by atoms with Crippen molar-refractivity contribution in [3.63, 3.8) is 0 Å². The molecule has 0 unspecified atom stereocenters. The van der Waals surface area contributed by atoms with Crippen LogP contribution in [-0.4, -0.2) is 48.3 Å². The Labute approximate surface area is 181 Å². The Bertz CT molecular complexity index is 1400. The Morgan fingerprint density at radius 1 is 1.19 bits per heavy atom. The van der Waals surface area contributed by atoms with Crippen LogP contribution < -0.4 is 5.56 Å². The minimum atomic E-state index is -0.448. The number of carbonyl (C=O) groups is 2. The zero-order valence-corrected chi connectivity index (χ0v) is 18.4. The predicted octanol–water partition coefficient (Wildman–Crippen LogP) is 2.68. The van der Waals surface area contributed by atoms with Crippen molar-refractivity contribution in [1.29, 1.82) is 0 Å². The molecule has 0 aliphatic rings. The van der Waals surface area contributed by atoms with Gasteiger partial charge in [-0.15, -0.1) is 10.2 Å². The third kappa shape index (κ3) is 3.42. The topological polar surface area (TPSA) is 111 Å². The van der Waals surface area contributed by atoms with Crippen molar-refractivity contribution >= 4 is 40.2 Å². The third-order valence-corrected chi connectivity index (χ3v) is 6.05. The van der Waals surface area contributed by atoms with Gasteiger partial charge in [-0.2, -0.15) is 0 Å². The van der Waals surface area contributed by atoms with Crippen molar-refractivity contribution < 1.29 is 14.3 Å². The van der Waals surface area contributed by atoms with Crippen LogP contribution in [-0.2, 0) is 11.8 Å². The maximum atomic E-state index is 12.9. The van der Waals surface area contributed by atoms with Crippen LogP contribution in [0, 0.1) is 13.8 Å². The number of ketones is 1. The number of Topliss-reactive ketones (excluding diaryl/α,β-unsaturated/α-hetero) is 1. The third-order valence-electron chi connectivity index (χ3n) is 5.12. The molecule has 0 fully saturated rings. The molecule has 4 aromatic rings. The van der Waals surface area contributed by atoms with Crippen LogP contribution in [0.3, 0.4) is 0 Å². The number of esters is 1. The molecule has 4 rings (SSSR count). The van der Waals surface area contributed by atoms with E-state index in [4.69, 9.17) is 4.74 Å². The summed E-state index contributed by atoms with van der Waals surface area (Å²) in [4.78, 5) is 40.7. The van der Waals surface area contributed by atoms with Crippen LogP contribution in [0.5, 0.6) is 0 Å². The Hall–Kier alpha value is -3.40. The number of fused-ring (bicyclic) bond motifs is 3. The molecule has 0 atom stereocenters. The molecule has 9 nitrogen and oxygen atoms in total. The molecule has 0 bridgehead atoms. The highest BCUT2D eigenvalue weighted by Gasteiger charge is 2.23. The summed E-state index contributed by atoms with van der Waals surface area (Å²) < 4.78 is 8.29. The minimum Gasteiger partial charge on any atom is -0.462 e. The summed E-state index contributed by atoms with van der Waals surface area (Å²) in [5.74, 6) is -0.139. The monoisotopic (exact) mass is 439 g/mol. The molecule has 0 aliphatic heterocycles. The average Bonchev–Trinajstić information content (AvgIpc) is 3.31. The number of thioether (sulfide) groups is 1. The number of hydrogen-bond acceptors (Lipinski definition) is 7. The highest BCUT2D eigenvalue weighted by atomic mass is 32.2. The van der Waals surface area contributed by atoms with Crippen molar-refractivity contribution in [2.45, 2.75) is 25.9 Å². The summed E-state index contributed by atoms with van der Waals surface area (Å²) in [7, 11) is 1.64. The number of H-pyrrole nitrogens is 1. The molecule has 1 N–H and O–H groups in total. The minimum absolute atomic E-state index is 0.0843. The summed E-state index contributed by atoms with van der Waals surface area (Å²) >= 11 is 1.22. The van der Waals surface area contributed by atoms with Gasteiger partial charge in [0.15, 0.2) is 10.9 Å². The Kier molecular flexibility index (Phi) is 5.40. The standard InChI is InChI=1S/C21H21N5O4S/c1-5-30-19(29)16-11(2)17(22-12(16)3)15(27)10-31-21-24-23-20-25(4)18(28)13-8-6-7-9-14(13)26(20)21/h6-9,22H,5,10H2,1-4H3. The van der Waals surface area contributed by atoms with E-state index < -0.39 is 5.97 Å². The number of aromatic nitrogens is 5. The van der Waals surface area contributed by atoms with Crippen molar-refractivity contribution in [3.8, 4) is 0 Å². The fourth-order valence-electron chi connectivity index (χ4n) is 3.65. The van der Waals surface area contributed by atoms with Crippen LogP contribution in [0.1, 0.15) is 39.0 Å². The van der Waals surface area contributed by atoms with E-state index in [1.165, 1.54) is 16.3 Å². The molecule has 31 heavy (non-hydrogen) atoms. The summed E-state index contributed by atoms with van der Waals surface area (Å²) in [6.45, 7) is 5.46. The van der Waals surface area contributed by atoms with Crippen LogP contribution in [0.4, 0.5) is 0 Å². The molecule has 1 aromatic carbocycles. The smallest absolute Gasteiger partial charge is 0.340 e. The van der Waals surface area contributed by atoms with E-state index in [2.05, 4.69) is 15.2 Å². The van der Waals surface area contributed by atoms with E-state index in [1.807, 2.05) is 12.1 Å². The fourth-order valence-corrected chi connectivity index (χ4v) is 4.46. The molecule has 0 radical (unpaired) electrons. The number of benzene rings is 1. The van der Waals surface area contributed by atoms with E-state index in [0.717, 1.165) is 0 Å². The summed E-state index contributed by atoms with van der Waals surface area (Å²) in [6, 6.07) is 7.21. The SMILES string of the molecule is CCOC(=O)c1c(C)[nH]c(C(=O)CSc2nnc3n(C)c(=O)c4ccccc4n23)c1C. The molecule has 10 heteroatoms. The van der Waals surface area contributed by atoms with Crippen molar-refractivity contribution in [1.82, 2.24) is 24.1 Å². The second-order valence-corrected chi connectivity index (χ2v) is 8.00. The lowest BCUT2D eigenvalue weighted by molar-refractivity contribution is 0.0525. The summed E-state index contributed by atoms with van der Waals surface area (Å²) in [6.07, 6.45) is 0. The van der Waals surface area contributed by atoms with E-state index in [9.17, 15) is 14.4 Å². The van der Waals surface area contributed by atoms with Gasteiger partial charge in [0.1, 0.15) is 0 Å². The second kappa shape index (κ2) is 8.03. The number of nitrogens with one attached hydrogen (secondary N) is 1. The van der Waals surface area contributed by atoms with Gasteiger partial charge >= 0.3 is 5.97 Å². The van der Waals surface area contributed by atoms with Gasteiger partial charge in [-0.1, -0.05) is 23.9 Å². The first-order valence-corrected chi connectivity index (χ1v) is 10.7. The first-order valence-electron chi connectivity index (χ1n) is 9.70. The molecular weight excluding hydrogens is 418 g/mol. The van der Waals surface area contributed by atoms with Gasteiger partial charge < -0.3 is 9.72 Å². The number of aromatic amines is 1. The van der Waals surface area contributed by atoms with Crippen molar-refractivity contribution in [3.05, 3.63) is 57.1 Å². The first kappa shape index (κ1) is 20.9. The largest absolute Gasteiger partial charge is 0.462 e. The van der Waals surface area contributed by atoms with Gasteiger partial charge in [0.05, 0.1) is 34.5 Å². The number of aryl methyl sites for hydroxylation is 2. The molecule has 0 saturated heterocycles. The zero-order valence-electron chi connectivity index (χ0n) is 17.6. The molecule has 3 aromatic heterocycles. The highest BCUT2D eigenvalue weighted by Crippen LogP contribution is 2.24. The lowest BCUT2D eigenvalue weighted by Gasteiger charge is -2.07. The summed E-state index contributed by atoms with van der Waals surface area (Å²) in [5.41, 5.74) is 2.45. The van der Waals surface area contributed by atoms with Gasteiger partial charge in [0.2, 0.25) is 5.78 Å². The van der Waals surface area contributed by atoms with E-state index in [-0.39, 0.29) is 23.7 Å². The molecule has 0 amide bonds. The molecule has 0 aliphatic carbocycles. The Balaban J connectivity index is 1.67. The molecule has 160 valence electrons. The number of hydrogen-bond donors (Lipinski definition) is 1. The molecule has 0 saturated carbocycles. The first-order chi connectivity index (χ1) is 14.8. The molecular formula is C21H21N5O4S. The Morgan fingerprint density at radius 2 is 1.94 bits per heavy atom. The van der Waals surface area contributed by atoms with Crippen LogP contribution >= 0.6 is 11.8 Å². The maximum absolute atomic E-state index is 12.9. The van der Waals surface area contributed by atoms with Crippen molar-refractivity contribution in [2.75, 3.05) is 12.4 Å². The number of ether oxygens (including phenoxy) is 1. The number of rotatable bonds is 6. The number of carbonyl (C=O) groups excluding carboxylic acids is 2. The van der Waals surface area contributed by atoms with Gasteiger partial charge in [0.25, 0.3) is 5.56 Å². The lowest BCUT2D eigenvalue weighted by atomic mass is 10.1. The van der Waals surface area contributed by atoms with Crippen molar-refractivity contribution in [2.24, 2.45) is 7.05 Å². The predicted molar refractivity (Wildman–Crippen MR) is 117 cm³/mol. The highest BCUT2D eigenvalue weighted by molar-refractivity contribution is 7.99. The van der Waals surface area contributed by atoms with Crippen LogP contribution in [0.15, 0.2) is 34.2 Å². The number of nitrogens with zero attached hydrogens (tertiary/aromatic N) is 4. The number of para-hydroxylation sites is 1. The normalized spacial score (nSPS) is 11.4. The van der Waals surface area contributed by atoms with Crippen LogP contribution in [0.2, 0.25) is 0 Å². The van der Waals surface area contributed by atoms with E-state index in [0.29, 0.717) is 44.4 Å². The molecule has 3 heterocycles. The lowest BCUT2D eigenvalue weighted by Crippen LogP contribution is -2.20. The van der Waals surface area contributed by atoms with E-state index in [1.54, 1.807) is 44.4 Å². The van der Waals surface area contributed by atoms with E-state index >= 15 is 0 Å². The van der Waals surface area contributed by atoms with Gasteiger partial charge in [-0.05, 0) is 38.5 Å². The van der Waals surface area contributed by atoms with Gasteiger partial charge in [-0.25, -0.2) is 4.79 Å². The fraction of sp³-hybridized carbons (Fsp3) is 0.286. The second-order valence-electron chi connectivity index (χ2n) is 7.06. The van der Waals surface area contributed by atoms with Crippen LogP contribution in [0.25, 0.3) is 16.7 Å². The maximum Gasteiger partial charge on any atom is 0.340 e. The van der Waals surface area contributed by atoms with Gasteiger partial charge in [-0.3, -0.25) is 18.6 Å². The quantitative estimate of drug-likeness (QED) is 0.279. The zero-order chi connectivity index (χ0) is 22.3. The Morgan fingerprint density at radius 3 is 2.68 bits per heavy atom. The summed E-state index contributed by atoms with van der Waals surface area (Å²) in [5, 5.41) is 9.37.